The Bertz CT molecular complexity index is 1400. The van der Waals surface area contributed by atoms with Crippen LogP contribution < -0.4 is 5.32 Å². The number of rotatable bonds is 8. The van der Waals surface area contributed by atoms with Gasteiger partial charge in [-0.3, -0.25) is 4.90 Å². The number of piperazine rings is 1. The number of aryl methyl sites for hydroxylation is 2. The first-order valence-corrected chi connectivity index (χ1v) is 15.4. The molecule has 0 spiro atoms. The lowest BCUT2D eigenvalue weighted by Gasteiger charge is -2.42. The van der Waals surface area contributed by atoms with Crippen LogP contribution in [0.5, 0.6) is 0 Å². The summed E-state index contributed by atoms with van der Waals surface area (Å²) in [5, 5.41) is 13.9. The van der Waals surface area contributed by atoms with Crippen LogP contribution in [0.15, 0.2) is 46.8 Å². The summed E-state index contributed by atoms with van der Waals surface area (Å²) in [6, 6.07) is 10.0. The Morgan fingerprint density at radius 1 is 1.16 bits per heavy atom. The van der Waals surface area contributed by atoms with E-state index in [0.29, 0.717) is 31.1 Å². The average Bonchev–Trinajstić information content (AvgIpc) is 3.58. The minimum atomic E-state index is -3.70. The van der Waals surface area contributed by atoms with E-state index in [4.69, 9.17) is 5.41 Å². The molecule has 38 heavy (non-hydrogen) atoms. The Kier molecular flexibility index (Phi) is 7.95. The monoisotopic (exact) mass is 555 g/mol. The maximum Gasteiger partial charge on any atom is 0.261 e. The zero-order valence-electron chi connectivity index (χ0n) is 21.8. The van der Waals surface area contributed by atoms with Crippen molar-refractivity contribution in [2.45, 2.75) is 50.6 Å². The van der Waals surface area contributed by atoms with Crippen molar-refractivity contribution in [3.05, 3.63) is 69.3 Å². The quantitative estimate of drug-likeness (QED) is 0.339. The lowest BCUT2D eigenvalue weighted by Crippen LogP contribution is -2.51. The van der Waals surface area contributed by atoms with Crippen molar-refractivity contribution < 1.29 is 12.8 Å². The molecule has 3 aromatic rings. The summed E-state index contributed by atoms with van der Waals surface area (Å²) in [5.41, 5.74) is 4.24. The van der Waals surface area contributed by atoms with E-state index >= 15 is 0 Å². The van der Waals surface area contributed by atoms with Crippen molar-refractivity contribution >= 4 is 38.9 Å². The number of nitrogens with one attached hydrogen (secondary N) is 2. The molecule has 1 aliphatic heterocycles. The second kappa shape index (κ2) is 11.2. The van der Waals surface area contributed by atoms with Gasteiger partial charge in [-0.1, -0.05) is 12.8 Å². The third-order valence-corrected chi connectivity index (χ3v) is 10.4. The maximum atomic E-state index is 13.5. The Hall–Kier alpha value is -2.66. The number of thiazole rings is 1. The molecule has 1 aliphatic carbocycles. The van der Waals surface area contributed by atoms with Gasteiger partial charge in [0.2, 0.25) is 0 Å². The predicted molar refractivity (Wildman–Crippen MR) is 151 cm³/mol. The minimum absolute atomic E-state index is 0.124. The number of halogens is 1. The SMILES string of the molecule is Cc1nc(S(=O)(=O)N2CCN(CC3CCCC3)[C@@H](c3cc(C=N)c(Nc4ccc(F)cc4)cc3C)C2)cs1. The number of nitrogens with zero attached hydrogens (tertiary/aromatic N) is 3. The number of aromatic nitrogens is 1. The summed E-state index contributed by atoms with van der Waals surface area (Å²) in [4.78, 5) is 6.72. The van der Waals surface area contributed by atoms with Gasteiger partial charge in [-0.25, -0.2) is 17.8 Å². The van der Waals surface area contributed by atoms with Crippen LogP contribution in [0.25, 0.3) is 0 Å². The zero-order valence-corrected chi connectivity index (χ0v) is 23.4. The molecule has 1 saturated heterocycles. The number of hydrogen-bond acceptors (Lipinski definition) is 7. The standard InChI is InChI=1S/C28H34FN5O2S2/c1-19-13-26(32-24-9-7-23(29)8-10-24)22(15-30)14-25(19)27-17-34(38(35,36)28-18-37-20(2)31-28)12-11-33(27)16-21-5-3-4-6-21/h7-10,13-15,18,21,27,30,32H,3-6,11-12,16-17H2,1-2H3/t27-/m1/s1. The molecule has 2 heterocycles. The second-order valence-corrected chi connectivity index (χ2v) is 13.2. The molecule has 2 aromatic carbocycles. The van der Waals surface area contributed by atoms with E-state index in [0.717, 1.165) is 34.1 Å². The Morgan fingerprint density at radius 2 is 1.89 bits per heavy atom. The number of hydrogen-bond donors (Lipinski definition) is 2. The molecule has 0 unspecified atom stereocenters. The van der Waals surface area contributed by atoms with Gasteiger partial charge in [0.15, 0.2) is 5.03 Å². The van der Waals surface area contributed by atoms with Gasteiger partial charge in [0.25, 0.3) is 10.0 Å². The van der Waals surface area contributed by atoms with Crippen molar-refractivity contribution in [1.29, 1.82) is 5.41 Å². The number of benzene rings is 2. The molecule has 1 atom stereocenters. The molecule has 2 fully saturated rings. The van der Waals surface area contributed by atoms with Crippen LogP contribution in [-0.4, -0.2) is 55.0 Å². The van der Waals surface area contributed by atoms with E-state index in [1.165, 1.54) is 55.4 Å². The molecular formula is C28H34FN5O2S2. The first-order valence-electron chi connectivity index (χ1n) is 13.1. The highest BCUT2D eigenvalue weighted by molar-refractivity contribution is 7.89. The first-order chi connectivity index (χ1) is 18.2. The van der Waals surface area contributed by atoms with Crippen molar-refractivity contribution in [1.82, 2.24) is 14.2 Å². The lowest BCUT2D eigenvalue weighted by molar-refractivity contribution is 0.0998. The fourth-order valence-corrected chi connectivity index (χ4v) is 8.00. The summed E-state index contributed by atoms with van der Waals surface area (Å²) in [6.07, 6.45) is 6.26. The van der Waals surface area contributed by atoms with Gasteiger partial charge in [0, 0.05) is 60.8 Å². The molecule has 2 aliphatic rings. The van der Waals surface area contributed by atoms with Crippen molar-refractivity contribution in [3.8, 4) is 0 Å². The molecular weight excluding hydrogens is 521 g/mol. The molecule has 202 valence electrons. The Labute approximate surface area is 228 Å². The fraction of sp³-hybridized carbons (Fsp3) is 0.429. The van der Waals surface area contributed by atoms with Gasteiger partial charge in [0.1, 0.15) is 5.82 Å². The van der Waals surface area contributed by atoms with Crippen LogP contribution in [0.2, 0.25) is 0 Å². The molecule has 1 saturated carbocycles. The molecule has 5 rings (SSSR count). The molecule has 0 amide bonds. The van der Waals surface area contributed by atoms with Crippen LogP contribution in [0.4, 0.5) is 15.8 Å². The van der Waals surface area contributed by atoms with Gasteiger partial charge >= 0.3 is 0 Å². The highest BCUT2D eigenvalue weighted by Gasteiger charge is 2.37. The molecule has 1 aromatic heterocycles. The molecule has 0 radical (unpaired) electrons. The van der Waals surface area contributed by atoms with E-state index in [2.05, 4.69) is 15.2 Å². The average molecular weight is 556 g/mol. The van der Waals surface area contributed by atoms with Crippen molar-refractivity contribution in [2.75, 3.05) is 31.5 Å². The van der Waals surface area contributed by atoms with E-state index in [-0.39, 0.29) is 16.9 Å². The lowest BCUT2D eigenvalue weighted by atomic mass is 9.94. The van der Waals surface area contributed by atoms with Gasteiger partial charge in [-0.05, 0) is 80.1 Å². The normalized spacial score (nSPS) is 19.6. The Balaban J connectivity index is 1.48. The predicted octanol–water partition coefficient (Wildman–Crippen LogP) is 5.88. The van der Waals surface area contributed by atoms with Crippen LogP contribution in [0.3, 0.4) is 0 Å². The Morgan fingerprint density at radius 3 is 2.55 bits per heavy atom. The van der Waals surface area contributed by atoms with E-state index in [9.17, 15) is 12.8 Å². The van der Waals surface area contributed by atoms with Crippen molar-refractivity contribution in [2.24, 2.45) is 5.92 Å². The van der Waals surface area contributed by atoms with Crippen LogP contribution in [0.1, 0.15) is 53.4 Å². The molecule has 7 nitrogen and oxygen atoms in total. The molecule has 0 bridgehead atoms. The minimum Gasteiger partial charge on any atom is -0.355 e. The highest BCUT2D eigenvalue weighted by atomic mass is 32.2. The number of sulfonamides is 1. The van der Waals surface area contributed by atoms with Gasteiger partial charge < -0.3 is 10.7 Å². The second-order valence-electron chi connectivity index (χ2n) is 10.3. The summed E-state index contributed by atoms with van der Waals surface area (Å²) in [6.45, 7) is 6.22. The van der Waals surface area contributed by atoms with Crippen LogP contribution in [0, 0.1) is 31.0 Å². The smallest absolute Gasteiger partial charge is 0.261 e. The first kappa shape index (κ1) is 26.9. The highest BCUT2D eigenvalue weighted by Crippen LogP contribution is 2.36. The largest absolute Gasteiger partial charge is 0.355 e. The van der Waals surface area contributed by atoms with E-state index < -0.39 is 10.0 Å². The van der Waals surface area contributed by atoms with E-state index in [1.807, 2.05) is 26.0 Å². The molecule has 10 heteroatoms. The zero-order chi connectivity index (χ0) is 26.9. The van der Waals surface area contributed by atoms with Gasteiger partial charge in [-0.15, -0.1) is 11.3 Å². The van der Waals surface area contributed by atoms with Gasteiger partial charge in [-0.2, -0.15) is 4.31 Å². The summed E-state index contributed by atoms with van der Waals surface area (Å²) in [5.74, 6) is 0.324. The van der Waals surface area contributed by atoms with E-state index in [1.54, 1.807) is 21.8 Å². The van der Waals surface area contributed by atoms with Crippen LogP contribution >= 0.6 is 11.3 Å². The third-order valence-electron chi connectivity index (χ3n) is 7.70. The topological polar surface area (TPSA) is 89.4 Å². The maximum absolute atomic E-state index is 13.5. The number of anilines is 2. The molecule has 2 N–H and O–H groups in total. The fourth-order valence-electron chi connectivity index (χ4n) is 5.66. The van der Waals surface area contributed by atoms with Crippen molar-refractivity contribution in [3.63, 3.8) is 0 Å². The van der Waals surface area contributed by atoms with Crippen LogP contribution in [-0.2, 0) is 10.0 Å². The van der Waals surface area contributed by atoms with Gasteiger partial charge in [0.05, 0.1) is 5.01 Å². The summed E-state index contributed by atoms with van der Waals surface area (Å²) in [7, 11) is -3.70. The summed E-state index contributed by atoms with van der Waals surface area (Å²) >= 11 is 1.34. The third kappa shape index (κ3) is 5.68. The summed E-state index contributed by atoms with van der Waals surface area (Å²) < 4.78 is 42.0.